The summed E-state index contributed by atoms with van der Waals surface area (Å²) < 4.78 is 23.2. The van der Waals surface area contributed by atoms with Gasteiger partial charge in [0.1, 0.15) is 17.2 Å². The zero-order valence-corrected chi connectivity index (χ0v) is 27.2. The fraction of sp³-hybridized carbons (Fsp3) is 0.394. The van der Waals surface area contributed by atoms with Gasteiger partial charge in [-0.15, -0.1) is 11.3 Å². The summed E-state index contributed by atoms with van der Waals surface area (Å²) in [6.45, 7) is 8.49. The lowest BCUT2D eigenvalue weighted by molar-refractivity contribution is -0.121. The fourth-order valence-corrected chi connectivity index (χ4v) is 6.89. The Hall–Kier alpha value is -4.85. The lowest BCUT2D eigenvalue weighted by Crippen LogP contribution is -2.50. The van der Waals surface area contributed by atoms with Gasteiger partial charge in [0, 0.05) is 72.9 Å². The van der Waals surface area contributed by atoms with Gasteiger partial charge in [-0.2, -0.15) is 0 Å². The smallest absolute Gasteiger partial charge is 0.410 e. The van der Waals surface area contributed by atoms with Crippen LogP contribution in [0.1, 0.15) is 60.5 Å². The van der Waals surface area contributed by atoms with Crippen molar-refractivity contribution in [3.8, 4) is 11.1 Å². The summed E-state index contributed by atoms with van der Waals surface area (Å²) in [4.78, 5) is 58.6. The molecule has 1 unspecified atom stereocenters. The Bertz CT molecular complexity index is 1830. The number of amides is 3. The molecule has 0 bridgehead atoms. The predicted octanol–water partition coefficient (Wildman–Crippen LogP) is 4.88. The summed E-state index contributed by atoms with van der Waals surface area (Å²) in [5, 5.41) is 4.98. The molecule has 0 aliphatic carbocycles. The number of pyridine rings is 1. The van der Waals surface area contributed by atoms with Crippen LogP contribution in [0.25, 0.3) is 11.1 Å². The summed E-state index contributed by atoms with van der Waals surface area (Å²) in [7, 11) is 0. The van der Waals surface area contributed by atoms with E-state index >= 15 is 4.39 Å². The van der Waals surface area contributed by atoms with Crippen LogP contribution in [0.4, 0.5) is 20.1 Å². The molecule has 3 amide bonds. The number of aryl methyl sites for hydroxylation is 1. The lowest BCUT2D eigenvalue weighted by atomic mass is 10.0. The minimum Gasteiger partial charge on any atom is -0.444 e. The zero-order chi connectivity index (χ0) is 32.9. The Balaban J connectivity index is 1.10. The fourth-order valence-electron chi connectivity index (χ4n) is 6.35. The van der Waals surface area contributed by atoms with E-state index in [1.54, 1.807) is 35.1 Å². The maximum Gasteiger partial charge on any atom is 0.410 e. The number of rotatable bonds is 6. The number of ether oxygens (including phenoxy) is 1. The molecule has 1 N–H and O–H groups in total. The van der Waals surface area contributed by atoms with Crippen molar-refractivity contribution in [2.45, 2.75) is 58.3 Å². The minimum atomic E-state index is -1.05. The number of halogens is 1. The highest BCUT2D eigenvalue weighted by Crippen LogP contribution is 2.38. The van der Waals surface area contributed by atoms with Crippen LogP contribution in [-0.4, -0.2) is 79.0 Å². The topological polar surface area (TPSA) is 126 Å². The van der Waals surface area contributed by atoms with E-state index in [1.807, 2.05) is 37.5 Å². The van der Waals surface area contributed by atoms with Crippen LogP contribution in [-0.2, 0) is 29.0 Å². The molecule has 244 valence electrons. The Morgan fingerprint density at radius 2 is 1.85 bits per heavy atom. The van der Waals surface area contributed by atoms with E-state index in [1.165, 1.54) is 22.3 Å². The average Bonchev–Trinajstić information content (AvgIpc) is 3.85. The van der Waals surface area contributed by atoms with Gasteiger partial charge in [0.25, 0.3) is 11.8 Å². The molecule has 1 fully saturated rings. The lowest BCUT2D eigenvalue weighted by Gasteiger charge is -2.36. The predicted molar refractivity (Wildman–Crippen MR) is 174 cm³/mol. The largest absolute Gasteiger partial charge is 0.444 e. The standard InChI is InChI=1S/C33H35FN8O4S/c1-33(2,3)46-32(45)40-12-10-39(11-13-40)26-7-6-20(17-36-26)21-15-22-23(24(34)16-21)18-42(30(22)44)28(29(43)38-31-35-8-14-47-31)27-25-5-4-9-41(25)19-37-27/h6-8,14-17,19,28H,4-5,9-13,18H2,1-3H3,(H,35,38,43). The van der Waals surface area contributed by atoms with Gasteiger partial charge in [0.15, 0.2) is 11.2 Å². The number of thiazole rings is 1. The summed E-state index contributed by atoms with van der Waals surface area (Å²) >= 11 is 1.28. The van der Waals surface area contributed by atoms with Crippen molar-refractivity contribution >= 4 is 40.2 Å². The third kappa shape index (κ3) is 6.04. The third-order valence-corrected chi connectivity index (χ3v) is 9.31. The first kappa shape index (κ1) is 30.8. The number of imidazole rings is 1. The number of carbonyl (C=O) groups excluding carboxylic acids is 3. The molecule has 1 aromatic carbocycles. The summed E-state index contributed by atoms with van der Waals surface area (Å²) in [5.41, 5.74) is 2.48. The number of aromatic nitrogens is 4. The number of hydrogen-bond acceptors (Lipinski definition) is 9. The normalized spacial score (nSPS) is 16.7. The number of piperazine rings is 1. The van der Waals surface area contributed by atoms with E-state index in [9.17, 15) is 14.4 Å². The number of fused-ring (bicyclic) bond motifs is 2. The van der Waals surface area contributed by atoms with E-state index in [0.29, 0.717) is 48.1 Å². The quantitative estimate of drug-likeness (QED) is 0.311. The van der Waals surface area contributed by atoms with Crippen molar-refractivity contribution in [1.82, 2.24) is 29.3 Å². The molecular weight excluding hydrogens is 623 g/mol. The zero-order valence-electron chi connectivity index (χ0n) is 26.4. The van der Waals surface area contributed by atoms with Gasteiger partial charge >= 0.3 is 6.09 Å². The number of anilines is 2. The van der Waals surface area contributed by atoms with Crippen molar-refractivity contribution in [2.24, 2.45) is 0 Å². The molecule has 14 heteroatoms. The van der Waals surface area contributed by atoms with Crippen molar-refractivity contribution in [3.63, 3.8) is 0 Å². The molecule has 1 atom stereocenters. The van der Waals surface area contributed by atoms with Gasteiger partial charge in [-0.3, -0.25) is 14.9 Å². The highest BCUT2D eigenvalue weighted by molar-refractivity contribution is 7.13. The van der Waals surface area contributed by atoms with Crippen LogP contribution < -0.4 is 10.2 Å². The van der Waals surface area contributed by atoms with Crippen LogP contribution in [0.2, 0.25) is 0 Å². The Kier molecular flexibility index (Phi) is 7.90. The maximum atomic E-state index is 15.7. The van der Waals surface area contributed by atoms with Crippen molar-refractivity contribution in [3.05, 3.63) is 76.7 Å². The first-order valence-corrected chi connectivity index (χ1v) is 16.5. The van der Waals surface area contributed by atoms with Crippen LogP contribution in [0.3, 0.4) is 0 Å². The Morgan fingerprint density at radius 3 is 2.55 bits per heavy atom. The molecular formula is C33H35FN8O4S. The van der Waals surface area contributed by atoms with Crippen LogP contribution in [0, 0.1) is 5.82 Å². The maximum absolute atomic E-state index is 15.7. The van der Waals surface area contributed by atoms with Crippen LogP contribution >= 0.6 is 11.3 Å². The number of nitrogens with zero attached hydrogens (tertiary/aromatic N) is 7. The molecule has 12 nitrogen and oxygen atoms in total. The average molecular weight is 659 g/mol. The molecule has 7 rings (SSSR count). The van der Waals surface area contributed by atoms with E-state index in [-0.39, 0.29) is 23.8 Å². The first-order chi connectivity index (χ1) is 22.6. The van der Waals surface area contributed by atoms with Crippen LogP contribution in [0.15, 0.2) is 48.4 Å². The van der Waals surface area contributed by atoms with Crippen molar-refractivity contribution < 1.29 is 23.5 Å². The van der Waals surface area contributed by atoms with E-state index in [4.69, 9.17) is 4.74 Å². The summed E-state index contributed by atoms with van der Waals surface area (Å²) in [5.74, 6) is -0.665. The van der Waals surface area contributed by atoms with Gasteiger partial charge in [-0.1, -0.05) is 0 Å². The molecule has 3 aromatic heterocycles. The van der Waals surface area contributed by atoms with Crippen molar-refractivity contribution in [2.75, 3.05) is 36.4 Å². The molecule has 47 heavy (non-hydrogen) atoms. The molecule has 3 aliphatic rings. The highest BCUT2D eigenvalue weighted by atomic mass is 32.1. The summed E-state index contributed by atoms with van der Waals surface area (Å²) in [6, 6.07) is 5.73. The summed E-state index contributed by atoms with van der Waals surface area (Å²) in [6.07, 6.45) is 6.29. The second kappa shape index (κ2) is 12.1. The number of hydrogen-bond donors (Lipinski definition) is 1. The Labute approximate surface area is 275 Å². The molecule has 1 saturated heterocycles. The van der Waals surface area contributed by atoms with E-state index < -0.39 is 29.3 Å². The molecule has 4 aromatic rings. The number of nitrogens with one attached hydrogen (secondary N) is 1. The molecule has 0 spiro atoms. The number of carbonyl (C=O) groups is 3. The van der Waals surface area contributed by atoms with Gasteiger partial charge in [-0.05, 0) is 63.4 Å². The number of benzene rings is 1. The molecule has 3 aliphatic heterocycles. The third-order valence-electron chi connectivity index (χ3n) is 8.62. The van der Waals surface area contributed by atoms with E-state index in [2.05, 4.69) is 25.2 Å². The van der Waals surface area contributed by atoms with Gasteiger partial charge < -0.3 is 24.0 Å². The highest BCUT2D eigenvalue weighted by Gasteiger charge is 2.42. The van der Waals surface area contributed by atoms with Gasteiger partial charge in [0.05, 0.1) is 18.6 Å². The van der Waals surface area contributed by atoms with Crippen LogP contribution in [0.5, 0.6) is 0 Å². The minimum absolute atomic E-state index is 0.0605. The van der Waals surface area contributed by atoms with Crippen molar-refractivity contribution in [1.29, 1.82) is 0 Å². The molecule has 6 heterocycles. The first-order valence-electron chi connectivity index (χ1n) is 15.6. The van der Waals surface area contributed by atoms with E-state index in [0.717, 1.165) is 30.9 Å². The van der Waals surface area contributed by atoms with Gasteiger partial charge in [0.2, 0.25) is 0 Å². The second-order valence-electron chi connectivity index (χ2n) is 12.9. The Morgan fingerprint density at radius 1 is 1.04 bits per heavy atom. The second-order valence-corrected chi connectivity index (χ2v) is 13.8. The van der Waals surface area contributed by atoms with Gasteiger partial charge in [-0.25, -0.2) is 24.1 Å². The SMILES string of the molecule is CC(C)(C)OC(=O)N1CCN(c2ccc(-c3cc(F)c4c(c3)C(=O)N(C(C(=O)Nc3nccs3)c3ncn5c3CCC5)C4)cn2)CC1. The molecule has 0 radical (unpaired) electrons. The molecule has 0 saturated carbocycles. The monoisotopic (exact) mass is 658 g/mol.